The van der Waals surface area contributed by atoms with Crippen LogP contribution in [0.2, 0.25) is 0 Å². The minimum Gasteiger partial charge on any atom is -0.349 e. The lowest BCUT2D eigenvalue weighted by Crippen LogP contribution is -2.42. The summed E-state index contributed by atoms with van der Waals surface area (Å²) in [6, 6.07) is 4.19. The Labute approximate surface area is 147 Å². The number of amides is 1. The van der Waals surface area contributed by atoms with Gasteiger partial charge < -0.3 is 10.6 Å². The first-order valence-electron chi connectivity index (χ1n) is 8.28. The Hall–Kier alpha value is -2.55. The highest BCUT2D eigenvalue weighted by atomic mass is 19.4. The molecule has 0 aromatic carbocycles. The molecule has 136 valence electrons. The van der Waals surface area contributed by atoms with E-state index in [9.17, 15) is 18.0 Å². The average Bonchev–Trinajstić information content (AvgIpc) is 3.24. The number of fused-ring (bicyclic) bond motifs is 1. The maximum Gasteiger partial charge on any atom is 0.433 e. The third kappa shape index (κ3) is 3.52. The topological polar surface area (TPSA) is 79.8 Å². The Morgan fingerprint density at radius 2 is 2.08 bits per heavy atom. The van der Waals surface area contributed by atoms with E-state index in [1.165, 1.54) is 12.4 Å². The molecule has 2 aromatic rings. The zero-order chi connectivity index (χ0) is 18.3. The Kier molecular flexibility index (Phi) is 4.10. The number of piperidine rings is 1. The van der Waals surface area contributed by atoms with Crippen molar-refractivity contribution >= 4 is 5.91 Å². The van der Waals surface area contributed by atoms with E-state index in [0.717, 1.165) is 25.1 Å². The lowest BCUT2D eigenvalue weighted by molar-refractivity contribution is -0.141. The van der Waals surface area contributed by atoms with Crippen molar-refractivity contribution in [2.24, 2.45) is 5.92 Å². The molecule has 3 heterocycles. The summed E-state index contributed by atoms with van der Waals surface area (Å²) in [6.07, 6.45) is -0.0167. The Bertz CT molecular complexity index is 814. The summed E-state index contributed by atoms with van der Waals surface area (Å²) in [4.78, 5) is 23.7. The summed E-state index contributed by atoms with van der Waals surface area (Å²) in [5.74, 6) is 0.567. The lowest BCUT2D eigenvalue weighted by Gasteiger charge is -2.13. The molecule has 3 atom stereocenters. The third-order valence-electron chi connectivity index (χ3n) is 4.71. The van der Waals surface area contributed by atoms with Gasteiger partial charge in [-0.2, -0.15) is 13.2 Å². The van der Waals surface area contributed by atoms with E-state index in [1.54, 1.807) is 6.07 Å². The van der Waals surface area contributed by atoms with Crippen molar-refractivity contribution < 1.29 is 18.0 Å². The van der Waals surface area contributed by atoms with Gasteiger partial charge in [0.05, 0.1) is 24.0 Å². The number of carbonyl (C=O) groups excluding carboxylic acids is 1. The van der Waals surface area contributed by atoms with Gasteiger partial charge in [-0.05, 0) is 37.0 Å². The first-order valence-corrected chi connectivity index (χ1v) is 8.28. The van der Waals surface area contributed by atoms with Crippen LogP contribution >= 0.6 is 0 Å². The van der Waals surface area contributed by atoms with Crippen LogP contribution in [-0.4, -0.2) is 32.9 Å². The molecule has 0 spiro atoms. The number of aromatic nitrogens is 3. The molecule has 6 nitrogen and oxygen atoms in total. The predicted molar refractivity (Wildman–Crippen MR) is 85.5 cm³/mol. The second-order valence-corrected chi connectivity index (χ2v) is 6.60. The molecule has 2 aromatic heterocycles. The monoisotopic (exact) mass is 363 g/mol. The zero-order valence-corrected chi connectivity index (χ0v) is 13.6. The number of nitrogens with zero attached hydrogens (tertiary/aromatic N) is 3. The first kappa shape index (κ1) is 16.9. The molecule has 1 saturated heterocycles. The molecule has 26 heavy (non-hydrogen) atoms. The lowest BCUT2D eigenvalue weighted by atomic mass is 10.1. The van der Waals surface area contributed by atoms with Gasteiger partial charge in [0.2, 0.25) is 5.91 Å². The highest BCUT2D eigenvalue weighted by molar-refractivity contribution is 5.82. The number of pyridine rings is 1. The summed E-state index contributed by atoms with van der Waals surface area (Å²) in [5.41, 5.74) is 0.521. The standard InChI is InChI=1S/C17H16F3N5O/c18-17(19,20)15-2-1-9(6-21-15)12-5-11(23-8-24-12)7-22-16(26)14-4-10-3-13(10)25-14/h1-2,5-6,8,10,13-14,25H,3-4,7H2,(H,22,26)/t10-,13?,14+/m1/s1. The number of nitrogens with one attached hydrogen (secondary N) is 2. The van der Waals surface area contributed by atoms with Gasteiger partial charge in [0.15, 0.2) is 0 Å². The first-order chi connectivity index (χ1) is 12.4. The molecule has 0 bridgehead atoms. The molecule has 1 saturated carbocycles. The second kappa shape index (κ2) is 6.31. The zero-order valence-electron chi connectivity index (χ0n) is 13.6. The quantitative estimate of drug-likeness (QED) is 0.868. The molecule has 2 fully saturated rings. The summed E-state index contributed by atoms with van der Waals surface area (Å²) >= 11 is 0. The van der Waals surface area contributed by atoms with Gasteiger partial charge in [-0.3, -0.25) is 9.78 Å². The third-order valence-corrected chi connectivity index (χ3v) is 4.71. The van der Waals surface area contributed by atoms with E-state index in [-0.39, 0.29) is 18.5 Å². The van der Waals surface area contributed by atoms with Gasteiger partial charge in [0, 0.05) is 17.8 Å². The molecule has 1 unspecified atom stereocenters. The minimum atomic E-state index is -4.48. The fourth-order valence-electron chi connectivity index (χ4n) is 3.19. The summed E-state index contributed by atoms with van der Waals surface area (Å²) in [7, 11) is 0. The van der Waals surface area contributed by atoms with Gasteiger partial charge in [0.1, 0.15) is 12.0 Å². The van der Waals surface area contributed by atoms with E-state index in [2.05, 4.69) is 25.6 Å². The highest BCUT2D eigenvalue weighted by Gasteiger charge is 2.47. The fraction of sp³-hybridized carbons (Fsp3) is 0.412. The van der Waals surface area contributed by atoms with Crippen LogP contribution in [0.5, 0.6) is 0 Å². The minimum absolute atomic E-state index is 0.0615. The van der Waals surface area contributed by atoms with E-state index in [0.29, 0.717) is 28.9 Å². The van der Waals surface area contributed by atoms with Crippen LogP contribution in [-0.2, 0) is 17.5 Å². The van der Waals surface area contributed by atoms with Crippen LogP contribution in [0.1, 0.15) is 24.2 Å². The molecular weight excluding hydrogens is 347 g/mol. The highest BCUT2D eigenvalue weighted by Crippen LogP contribution is 2.40. The van der Waals surface area contributed by atoms with Crippen LogP contribution in [0.4, 0.5) is 13.2 Å². The molecule has 1 aliphatic carbocycles. The molecule has 1 amide bonds. The Balaban J connectivity index is 1.40. The number of hydrogen-bond donors (Lipinski definition) is 2. The Morgan fingerprint density at radius 3 is 2.73 bits per heavy atom. The van der Waals surface area contributed by atoms with Crippen molar-refractivity contribution in [3.63, 3.8) is 0 Å². The van der Waals surface area contributed by atoms with Crippen LogP contribution in [0.15, 0.2) is 30.7 Å². The summed E-state index contributed by atoms with van der Waals surface area (Å²) < 4.78 is 37.8. The van der Waals surface area contributed by atoms with Crippen LogP contribution in [0, 0.1) is 5.92 Å². The van der Waals surface area contributed by atoms with Gasteiger partial charge >= 0.3 is 6.18 Å². The molecule has 1 aliphatic heterocycles. The fourth-order valence-corrected chi connectivity index (χ4v) is 3.19. The molecule has 9 heteroatoms. The predicted octanol–water partition coefficient (Wildman–Crippen LogP) is 1.92. The van der Waals surface area contributed by atoms with Crippen molar-refractivity contribution in [1.29, 1.82) is 0 Å². The van der Waals surface area contributed by atoms with Crippen molar-refractivity contribution in [2.75, 3.05) is 0 Å². The van der Waals surface area contributed by atoms with Gasteiger partial charge in [-0.25, -0.2) is 9.97 Å². The van der Waals surface area contributed by atoms with Crippen molar-refractivity contribution in [3.05, 3.63) is 42.1 Å². The number of carbonyl (C=O) groups is 1. The van der Waals surface area contributed by atoms with Crippen molar-refractivity contribution in [3.8, 4) is 11.3 Å². The summed E-state index contributed by atoms with van der Waals surface area (Å²) in [5, 5.41) is 6.11. The molecule has 2 aliphatic rings. The largest absolute Gasteiger partial charge is 0.433 e. The number of halogens is 3. The number of hydrogen-bond acceptors (Lipinski definition) is 5. The second-order valence-electron chi connectivity index (χ2n) is 6.60. The van der Waals surface area contributed by atoms with Crippen molar-refractivity contribution in [2.45, 2.75) is 37.6 Å². The van der Waals surface area contributed by atoms with E-state index >= 15 is 0 Å². The van der Waals surface area contributed by atoms with Crippen molar-refractivity contribution in [1.82, 2.24) is 25.6 Å². The van der Waals surface area contributed by atoms with Gasteiger partial charge in [0.25, 0.3) is 0 Å². The molecule has 4 rings (SSSR count). The maximum atomic E-state index is 12.6. The molecule has 0 radical (unpaired) electrons. The van der Waals surface area contributed by atoms with E-state index < -0.39 is 11.9 Å². The smallest absolute Gasteiger partial charge is 0.349 e. The normalized spacial score (nSPS) is 24.2. The van der Waals surface area contributed by atoms with Crippen LogP contribution < -0.4 is 10.6 Å². The number of alkyl halides is 3. The van der Waals surface area contributed by atoms with Gasteiger partial charge in [-0.15, -0.1) is 0 Å². The summed E-state index contributed by atoms with van der Waals surface area (Å²) in [6.45, 7) is 0.232. The molecular formula is C17H16F3N5O. The SMILES string of the molecule is O=C(NCc1cc(-c2ccc(C(F)(F)F)nc2)ncn1)[C@@H]1C[C@H]2CC2N1. The van der Waals surface area contributed by atoms with E-state index in [1.807, 2.05) is 0 Å². The maximum absolute atomic E-state index is 12.6. The van der Waals surface area contributed by atoms with Crippen LogP contribution in [0.3, 0.4) is 0 Å². The average molecular weight is 363 g/mol. The van der Waals surface area contributed by atoms with E-state index in [4.69, 9.17) is 0 Å². The Morgan fingerprint density at radius 1 is 1.23 bits per heavy atom. The van der Waals surface area contributed by atoms with Gasteiger partial charge in [-0.1, -0.05) is 0 Å². The van der Waals surface area contributed by atoms with Crippen LogP contribution in [0.25, 0.3) is 11.3 Å². The number of rotatable bonds is 4. The molecule has 2 N–H and O–H groups in total.